The first-order valence-electron chi connectivity index (χ1n) is 10.2. The van der Waals surface area contributed by atoms with Crippen LogP contribution in [0.3, 0.4) is 0 Å². The second-order valence-electron chi connectivity index (χ2n) is 7.31. The van der Waals surface area contributed by atoms with Crippen molar-refractivity contribution >= 4 is 23.4 Å². The number of hydrogen-bond donors (Lipinski definition) is 3. The van der Waals surface area contributed by atoms with E-state index in [9.17, 15) is 14.4 Å². The smallest absolute Gasteiger partial charge is 0.251 e. The molecule has 2 aromatic carbocycles. The van der Waals surface area contributed by atoms with Crippen LogP contribution in [0.4, 0.5) is 5.69 Å². The molecule has 0 bridgehead atoms. The van der Waals surface area contributed by atoms with E-state index in [1.807, 2.05) is 0 Å². The van der Waals surface area contributed by atoms with E-state index in [0.29, 0.717) is 35.8 Å². The average Bonchev–Trinajstić information content (AvgIpc) is 3.62. The highest BCUT2D eigenvalue weighted by Gasteiger charge is 2.29. The van der Waals surface area contributed by atoms with Crippen LogP contribution in [-0.2, 0) is 16.0 Å². The fraction of sp³-hybridized carbons (Fsp3) is 0.348. The number of benzene rings is 2. The third kappa shape index (κ3) is 6.47. The summed E-state index contributed by atoms with van der Waals surface area (Å²) >= 11 is 0. The molecule has 2 aromatic rings. The van der Waals surface area contributed by atoms with Crippen LogP contribution in [0.1, 0.15) is 28.8 Å². The molecule has 0 heterocycles. The summed E-state index contributed by atoms with van der Waals surface area (Å²) in [5.41, 5.74) is 1.96. The quantitative estimate of drug-likeness (QED) is 0.506. The minimum absolute atomic E-state index is 0.0287. The van der Waals surface area contributed by atoms with Crippen LogP contribution in [0.2, 0.25) is 0 Å². The van der Waals surface area contributed by atoms with Crippen molar-refractivity contribution in [2.75, 3.05) is 32.6 Å². The van der Waals surface area contributed by atoms with E-state index in [2.05, 4.69) is 16.0 Å². The molecule has 0 saturated heterocycles. The normalized spacial score (nSPS) is 12.6. The number of nitrogens with one attached hydrogen (secondary N) is 3. The summed E-state index contributed by atoms with van der Waals surface area (Å²) in [6.07, 6.45) is 2.08. The molecule has 0 aliphatic heterocycles. The fourth-order valence-corrected chi connectivity index (χ4v) is 3.01. The zero-order valence-electron chi connectivity index (χ0n) is 17.7. The lowest BCUT2D eigenvalue weighted by Gasteiger charge is -2.10. The molecule has 0 aromatic heterocycles. The largest absolute Gasteiger partial charge is 0.493 e. The van der Waals surface area contributed by atoms with Gasteiger partial charge in [-0.25, -0.2) is 0 Å². The van der Waals surface area contributed by atoms with Crippen molar-refractivity contribution in [3.8, 4) is 11.5 Å². The van der Waals surface area contributed by atoms with E-state index in [4.69, 9.17) is 9.47 Å². The Morgan fingerprint density at radius 3 is 2.23 bits per heavy atom. The highest BCUT2D eigenvalue weighted by molar-refractivity contribution is 5.96. The minimum Gasteiger partial charge on any atom is -0.493 e. The molecule has 31 heavy (non-hydrogen) atoms. The van der Waals surface area contributed by atoms with Crippen molar-refractivity contribution in [1.29, 1.82) is 0 Å². The van der Waals surface area contributed by atoms with Crippen LogP contribution in [0, 0.1) is 5.92 Å². The molecule has 0 spiro atoms. The SMILES string of the molecule is COc1ccc(CC(=O)NCCNC(=O)c2ccc(NC(=O)C3CC3)cc2)cc1OC. The fourth-order valence-electron chi connectivity index (χ4n) is 3.01. The molecular weight excluding hydrogens is 398 g/mol. The second-order valence-corrected chi connectivity index (χ2v) is 7.31. The van der Waals surface area contributed by atoms with Crippen molar-refractivity contribution in [3.05, 3.63) is 53.6 Å². The molecule has 0 unspecified atom stereocenters. The standard InChI is InChI=1S/C23H27N3O5/c1-30-19-10-3-15(13-20(19)31-2)14-21(27)24-11-12-25-22(28)16-6-8-18(9-7-16)26-23(29)17-4-5-17/h3,6-10,13,17H,4-5,11-12,14H2,1-2H3,(H,24,27)(H,25,28)(H,26,29). The Balaban J connectivity index is 1.38. The Labute approximate surface area is 181 Å². The van der Waals surface area contributed by atoms with E-state index in [1.165, 1.54) is 0 Å². The predicted octanol–water partition coefficient (Wildman–Crippen LogP) is 2.14. The number of carbonyl (C=O) groups excluding carboxylic acids is 3. The maximum atomic E-state index is 12.2. The molecule has 1 fully saturated rings. The molecule has 164 valence electrons. The molecule has 8 heteroatoms. The maximum Gasteiger partial charge on any atom is 0.251 e. The average molecular weight is 425 g/mol. The third-order valence-corrected chi connectivity index (χ3v) is 4.91. The molecule has 3 N–H and O–H groups in total. The van der Waals surface area contributed by atoms with E-state index in [-0.39, 0.29) is 30.1 Å². The molecule has 0 atom stereocenters. The number of methoxy groups -OCH3 is 2. The molecule has 1 aliphatic rings. The number of amides is 3. The van der Waals surface area contributed by atoms with Gasteiger partial charge in [0.15, 0.2) is 11.5 Å². The summed E-state index contributed by atoms with van der Waals surface area (Å²) in [5, 5.41) is 8.38. The van der Waals surface area contributed by atoms with E-state index in [1.54, 1.807) is 56.7 Å². The second kappa shape index (κ2) is 10.5. The molecule has 1 saturated carbocycles. The van der Waals surface area contributed by atoms with Gasteiger partial charge >= 0.3 is 0 Å². The highest BCUT2D eigenvalue weighted by Crippen LogP contribution is 2.30. The summed E-state index contributed by atoms with van der Waals surface area (Å²) in [6.45, 7) is 0.615. The van der Waals surface area contributed by atoms with Crippen molar-refractivity contribution in [2.45, 2.75) is 19.3 Å². The first-order valence-corrected chi connectivity index (χ1v) is 10.2. The first kappa shape index (κ1) is 22.1. The van der Waals surface area contributed by atoms with E-state index in [0.717, 1.165) is 18.4 Å². The topological polar surface area (TPSA) is 106 Å². The Bertz CT molecular complexity index is 939. The molecule has 0 radical (unpaired) electrons. The van der Waals surface area contributed by atoms with Crippen LogP contribution in [0.25, 0.3) is 0 Å². The van der Waals surface area contributed by atoms with Gasteiger partial charge in [-0.05, 0) is 54.8 Å². The summed E-state index contributed by atoms with van der Waals surface area (Å²) < 4.78 is 10.4. The summed E-state index contributed by atoms with van der Waals surface area (Å²) in [4.78, 5) is 36.1. The monoisotopic (exact) mass is 425 g/mol. The van der Waals surface area contributed by atoms with Crippen molar-refractivity contribution < 1.29 is 23.9 Å². The number of carbonyl (C=O) groups is 3. The molecule has 1 aliphatic carbocycles. The summed E-state index contributed by atoms with van der Waals surface area (Å²) in [7, 11) is 3.10. The van der Waals surface area contributed by atoms with Crippen molar-refractivity contribution in [2.24, 2.45) is 5.92 Å². The summed E-state index contributed by atoms with van der Waals surface area (Å²) in [5.74, 6) is 0.934. The minimum atomic E-state index is -0.241. The van der Waals surface area contributed by atoms with E-state index >= 15 is 0 Å². The maximum absolute atomic E-state index is 12.2. The van der Waals surface area contributed by atoms with E-state index < -0.39 is 0 Å². The number of ether oxygens (including phenoxy) is 2. The highest BCUT2D eigenvalue weighted by atomic mass is 16.5. The lowest BCUT2D eigenvalue weighted by atomic mass is 10.1. The lowest BCUT2D eigenvalue weighted by molar-refractivity contribution is -0.120. The Hall–Kier alpha value is -3.55. The Morgan fingerprint density at radius 2 is 1.58 bits per heavy atom. The van der Waals surface area contributed by atoms with Crippen LogP contribution in [0.15, 0.2) is 42.5 Å². The molecule has 3 rings (SSSR count). The molecule has 3 amide bonds. The van der Waals surface area contributed by atoms with Gasteiger partial charge in [-0.1, -0.05) is 6.07 Å². The number of rotatable bonds is 10. The molecular formula is C23H27N3O5. The predicted molar refractivity (Wildman–Crippen MR) is 116 cm³/mol. The van der Waals surface area contributed by atoms with Gasteiger partial charge in [-0.2, -0.15) is 0 Å². The van der Waals surface area contributed by atoms with Crippen molar-refractivity contribution in [1.82, 2.24) is 10.6 Å². The van der Waals surface area contributed by atoms with Gasteiger partial charge < -0.3 is 25.4 Å². The van der Waals surface area contributed by atoms with Gasteiger partial charge in [0.05, 0.1) is 20.6 Å². The first-order chi connectivity index (χ1) is 15.0. The van der Waals surface area contributed by atoms with Gasteiger partial charge in [0.2, 0.25) is 11.8 Å². The third-order valence-electron chi connectivity index (χ3n) is 4.91. The Morgan fingerprint density at radius 1 is 0.903 bits per heavy atom. The number of anilines is 1. The summed E-state index contributed by atoms with van der Waals surface area (Å²) in [6, 6.07) is 12.1. The van der Waals surface area contributed by atoms with Crippen LogP contribution in [0.5, 0.6) is 11.5 Å². The van der Waals surface area contributed by atoms with Crippen LogP contribution >= 0.6 is 0 Å². The lowest BCUT2D eigenvalue weighted by Crippen LogP contribution is -2.35. The van der Waals surface area contributed by atoms with Crippen LogP contribution < -0.4 is 25.4 Å². The van der Waals surface area contributed by atoms with Gasteiger partial charge in [0, 0.05) is 30.3 Å². The Kier molecular flexibility index (Phi) is 7.48. The van der Waals surface area contributed by atoms with Gasteiger partial charge in [-0.15, -0.1) is 0 Å². The van der Waals surface area contributed by atoms with Crippen molar-refractivity contribution in [3.63, 3.8) is 0 Å². The zero-order valence-corrected chi connectivity index (χ0v) is 17.7. The van der Waals surface area contributed by atoms with Gasteiger partial charge in [0.25, 0.3) is 5.91 Å². The van der Waals surface area contributed by atoms with Crippen LogP contribution in [-0.4, -0.2) is 45.0 Å². The zero-order chi connectivity index (χ0) is 22.2. The van der Waals surface area contributed by atoms with Gasteiger partial charge in [0.1, 0.15) is 0 Å². The molecule has 8 nitrogen and oxygen atoms in total. The number of hydrogen-bond acceptors (Lipinski definition) is 5. The van der Waals surface area contributed by atoms with Gasteiger partial charge in [-0.3, -0.25) is 14.4 Å².